The van der Waals surface area contributed by atoms with Crippen molar-refractivity contribution in [3.63, 3.8) is 0 Å². The van der Waals surface area contributed by atoms with Crippen LogP contribution in [0.15, 0.2) is 29.6 Å². The fraction of sp³-hybridized carbons (Fsp3) is 0.231. The van der Waals surface area contributed by atoms with Crippen LogP contribution in [0.1, 0.15) is 23.7 Å². The van der Waals surface area contributed by atoms with Crippen molar-refractivity contribution in [2.45, 2.75) is 19.9 Å². The molecule has 1 unspecified atom stereocenters. The number of hydrogen-bond acceptors (Lipinski definition) is 6. The third-order valence-corrected chi connectivity index (χ3v) is 3.86. The van der Waals surface area contributed by atoms with E-state index in [2.05, 4.69) is 25.5 Å². The standard InChI is InChI=1S/C13H13N5S/c1-8-7-19-12(14-8)9(2)15-13-16-10-5-3-4-6-11(10)17-18-13/h3-7,9H,1-2H3,(H,15,16,18). The predicted molar refractivity (Wildman–Crippen MR) is 76.2 cm³/mol. The molecular weight excluding hydrogens is 258 g/mol. The molecule has 0 saturated carbocycles. The van der Waals surface area contributed by atoms with E-state index in [1.54, 1.807) is 11.3 Å². The van der Waals surface area contributed by atoms with Crippen LogP contribution in [0, 0.1) is 6.92 Å². The van der Waals surface area contributed by atoms with Crippen LogP contribution in [-0.4, -0.2) is 20.2 Å². The zero-order chi connectivity index (χ0) is 13.2. The minimum atomic E-state index is 0.0710. The quantitative estimate of drug-likeness (QED) is 0.793. The van der Waals surface area contributed by atoms with Crippen LogP contribution < -0.4 is 5.32 Å². The van der Waals surface area contributed by atoms with Gasteiger partial charge in [0.1, 0.15) is 10.5 Å². The molecule has 96 valence electrons. The smallest absolute Gasteiger partial charge is 0.243 e. The van der Waals surface area contributed by atoms with Crippen molar-refractivity contribution in [3.8, 4) is 0 Å². The summed E-state index contributed by atoms with van der Waals surface area (Å²) in [6.07, 6.45) is 0. The van der Waals surface area contributed by atoms with E-state index in [0.717, 1.165) is 21.7 Å². The molecule has 0 amide bonds. The van der Waals surface area contributed by atoms with Crippen LogP contribution in [0.5, 0.6) is 0 Å². The Kier molecular flexibility index (Phi) is 3.08. The number of nitrogens with zero attached hydrogens (tertiary/aromatic N) is 4. The lowest BCUT2D eigenvalue weighted by molar-refractivity contribution is 0.834. The highest BCUT2D eigenvalue weighted by Crippen LogP contribution is 2.20. The van der Waals surface area contributed by atoms with Gasteiger partial charge in [0.05, 0.1) is 11.6 Å². The van der Waals surface area contributed by atoms with Crippen molar-refractivity contribution < 1.29 is 0 Å². The van der Waals surface area contributed by atoms with E-state index in [0.29, 0.717) is 5.95 Å². The molecule has 0 aliphatic carbocycles. The fourth-order valence-electron chi connectivity index (χ4n) is 1.77. The SMILES string of the molecule is Cc1csc(C(C)Nc2nnc3ccccc3n2)n1. The third kappa shape index (κ3) is 2.53. The highest BCUT2D eigenvalue weighted by atomic mass is 32.1. The molecule has 0 fully saturated rings. The number of fused-ring (bicyclic) bond motifs is 1. The number of benzene rings is 1. The number of thiazole rings is 1. The third-order valence-electron chi connectivity index (χ3n) is 2.71. The van der Waals surface area contributed by atoms with Gasteiger partial charge in [0.25, 0.3) is 0 Å². The second-order valence-corrected chi connectivity index (χ2v) is 5.21. The topological polar surface area (TPSA) is 63.6 Å². The molecule has 1 aromatic carbocycles. The average Bonchev–Trinajstić information content (AvgIpc) is 2.85. The van der Waals surface area contributed by atoms with Crippen molar-refractivity contribution in [1.82, 2.24) is 20.2 Å². The molecule has 3 aromatic rings. The molecule has 0 saturated heterocycles. The Morgan fingerprint density at radius 3 is 2.63 bits per heavy atom. The lowest BCUT2D eigenvalue weighted by Gasteiger charge is -2.10. The number of nitrogens with one attached hydrogen (secondary N) is 1. The van der Waals surface area contributed by atoms with Crippen molar-refractivity contribution >= 4 is 28.3 Å². The van der Waals surface area contributed by atoms with Crippen LogP contribution in [0.4, 0.5) is 5.95 Å². The minimum absolute atomic E-state index is 0.0710. The zero-order valence-corrected chi connectivity index (χ0v) is 11.5. The normalized spacial score (nSPS) is 12.5. The van der Waals surface area contributed by atoms with E-state index >= 15 is 0 Å². The monoisotopic (exact) mass is 271 g/mol. The van der Waals surface area contributed by atoms with Gasteiger partial charge in [-0.05, 0) is 26.0 Å². The number of aromatic nitrogens is 4. The second kappa shape index (κ2) is 4.89. The summed E-state index contributed by atoms with van der Waals surface area (Å²) in [7, 11) is 0. The van der Waals surface area contributed by atoms with Gasteiger partial charge in [-0.1, -0.05) is 12.1 Å². The highest BCUT2D eigenvalue weighted by Gasteiger charge is 2.11. The first-order valence-electron chi connectivity index (χ1n) is 6.00. The molecule has 0 spiro atoms. The maximum atomic E-state index is 4.45. The Labute approximate surface area is 114 Å². The fourth-order valence-corrected chi connectivity index (χ4v) is 2.57. The number of para-hydroxylation sites is 1. The summed E-state index contributed by atoms with van der Waals surface area (Å²) < 4.78 is 0. The molecule has 3 rings (SSSR count). The zero-order valence-electron chi connectivity index (χ0n) is 10.7. The van der Waals surface area contributed by atoms with E-state index in [-0.39, 0.29) is 6.04 Å². The average molecular weight is 271 g/mol. The Morgan fingerprint density at radius 2 is 1.89 bits per heavy atom. The molecule has 1 N–H and O–H groups in total. The summed E-state index contributed by atoms with van der Waals surface area (Å²) in [5, 5.41) is 14.5. The van der Waals surface area contributed by atoms with Crippen LogP contribution in [-0.2, 0) is 0 Å². The van der Waals surface area contributed by atoms with Crippen LogP contribution >= 0.6 is 11.3 Å². The lowest BCUT2D eigenvalue weighted by atomic mass is 10.3. The van der Waals surface area contributed by atoms with E-state index in [4.69, 9.17) is 0 Å². The predicted octanol–water partition coefficient (Wildman–Crippen LogP) is 2.96. The molecule has 0 radical (unpaired) electrons. The summed E-state index contributed by atoms with van der Waals surface area (Å²) in [4.78, 5) is 8.89. The van der Waals surface area contributed by atoms with E-state index in [1.807, 2.05) is 43.5 Å². The van der Waals surface area contributed by atoms with Gasteiger partial charge in [0.15, 0.2) is 0 Å². The Morgan fingerprint density at radius 1 is 1.11 bits per heavy atom. The van der Waals surface area contributed by atoms with Gasteiger partial charge in [-0.2, -0.15) is 0 Å². The van der Waals surface area contributed by atoms with E-state index in [1.165, 1.54) is 0 Å². The summed E-state index contributed by atoms with van der Waals surface area (Å²) >= 11 is 1.63. The molecule has 6 heteroatoms. The van der Waals surface area contributed by atoms with Gasteiger partial charge < -0.3 is 5.32 Å². The van der Waals surface area contributed by atoms with Gasteiger partial charge in [-0.3, -0.25) is 0 Å². The van der Waals surface area contributed by atoms with Crippen molar-refractivity contribution in [2.24, 2.45) is 0 Å². The Hall–Kier alpha value is -2.08. The van der Waals surface area contributed by atoms with Crippen molar-refractivity contribution in [2.75, 3.05) is 5.32 Å². The Balaban J connectivity index is 1.84. The lowest BCUT2D eigenvalue weighted by Crippen LogP contribution is -2.10. The number of aryl methyl sites for hydroxylation is 1. The molecule has 0 aliphatic heterocycles. The van der Waals surface area contributed by atoms with E-state index < -0.39 is 0 Å². The van der Waals surface area contributed by atoms with Gasteiger partial charge in [-0.15, -0.1) is 21.5 Å². The van der Waals surface area contributed by atoms with E-state index in [9.17, 15) is 0 Å². The van der Waals surface area contributed by atoms with Crippen LogP contribution in [0.3, 0.4) is 0 Å². The largest absolute Gasteiger partial charge is 0.344 e. The minimum Gasteiger partial charge on any atom is -0.344 e. The number of rotatable bonds is 3. The second-order valence-electron chi connectivity index (χ2n) is 4.32. The molecule has 1 atom stereocenters. The summed E-state index contributed by atoms with van der Waals surface area (Å²) in [6.45, 7) is 4.03. The van der Waals surface area contributed by atoms with Crippen molar-refractivity contribution in [1.29, 1.82) is 0 Å². The van der Waals surface area contributed by atoms with Gasteiger partial charge in [-0.25, -0.2) is 9.97 Å². The molecule has 19 heavy (non-hydrogen) atoms. The molecule has 0 aliphatic rings. The first-order valence-corrected chi connectivity index (χ1v) is 6.88. The maximum absolute atomic E-state index is 4.45. The number of anilines is 1. The van der Waals surface area contributed by atoms with Gasteiger partial charge in [0.2, 0.25) is 5.95 Å². The highest BCUT2D eigenvalue weighted by molar-refractivity contribution is 7.09. The summed E-state index contributed by atoms with van der Waals surface area (Å²) in [5.74, 6) is 0.527. The van der Waals surface area contributed by atoms with Gasteiger partial charge >= 0.3 is 0 Å². The summed E-state index contributed by atoms with van der Waals surface area (Å²) in [6, 6.07) is 7.75. The first kappa shape index (κ1) is 12.0. The molecule has 2 aromatic heterocycles. The number of hydrogen-bond donors (Lipinski definition) is 1. The molecule has 5 nitrogen and oxygen atoms in total. The Bertz CT molecular complexity index is 709. The van der Waals surface area contributed by atoms with Gasteiger partial charge in [0, 0.05) is 11.1 Å². The van der Waals surface area contributed by atoms with Crippen molar-refractivity contribution in [3.05, 3.63) is 40.3 Å². The van der Waals surface area contributed by atoms with Crippen LogP contribution in [0.2, 0.25) is 0 Å². The molecular formula is C13H13N5S. The molecule has 2 heterocycles. The first-order chi connectivity index (χ1) is 9.22. The van der Waals surface area contributed by atoms with Crippen LogP contribution in [0.25, 0.3) is 11.0 Å². The molecule has 0 bridgehead atoms. The maximum Gasteiger partial charge on any atom is 0.243 e. The summed E-state index contributed by atoms with van der Waals surface area (Å²) in [5.41, 5.74) is 2.67.